The number of aromatic amines is 1. The molecule has 0 saturated heterocycles. The number of rotatable bonds is 4. The number of nitrogens with one attached hydrogen (secondary N) is 2. The number of amides is 1. The van der Waals surface area contributed by atoms with Crippen molar-refractivity contribution in [2.75, 3.05) is 17.3 Å². The Bertz CT molecular complexity index is 609. The molecule has 1 aliphatic rings. The normalized spacial score (nSPS) is 17.6. The van der Waals surface area contributed by atoms with Crippen LogP contribution in [-0.4, -0.2) is 28.1 Å². The van der Waals surface area contributed by atoms with Crippen molar-refractivity contribution in [1.29, 1.82) is 0 Å². The number of benzene rings is 1. The Labute approximate surface area is 122 Å². The smallest absolute Gasteiger partial charge is 0.226 e. The van der Waals surface area contributed by atoms with Crippen LogP contribution in [0.1, 0.15) is 24.3 Å². The molecule has 0 spiro atoms. The van der Waals surface area contributed by atoms with Crippen molar-refractivity contribution >= 4 is 23.5 Å². The number of aromatic nitrogens is 2. The summed E-state index contributed by atoms with van der Waals surface area (Å²) in [7, 11) is 0. The van der Waals surface area contributed by atoms with E-state index in [1.54, 1.807) is 0 Å². The molecule has 0 unspecified atom stereocenters. The summed E-state index contributed by atoms with van der Waals surface area (Å²) in [6, 6.07) is 10.2. The van der Waals surface area contributed by atoms with Gasteiger partial charge in [-0.2, -0.15) is 16.9 Å². The predicted octanol–water partition coefficient (Wildman–Crippen LogP) is 3.26. The summed E-state index contributed by atoms with van der Waals surface area (Å²) in [5, 5.41) is 10.2. The number of H-pyrrole nitrogens is 1. The number of thioether (sulfide) groups is 1. The highest BCUT2D eigenvalue weighted by Gasteiger charge is 2.30. The molecule has 0 bridgehead atoms. The average molecular weight is 287 g/mol. The largest absolute Gasteiger partial charge is 0.309 e. The molecule has 1 aromatic heterocycles. The molecule has 0 saturated carbocycles. The van der Waals surface area contributed by atoms with Crippen LogP contribution < -0.4 is 5.32 Å². The fourth-order valence-corrected chi connectivity index (χ4v) is 3.20. The highest BCUT2D eigenvalue weighted by atomic mass is 32.2. The Morgan fingerprint density at radius 2 is 2.15 bits per heavy atom. The first kappa shape index (κ1) is 13.2. The molecule has 5 heteroatoms. The van der Waals surface area contributed by atoms with Gasteiger partial charge in [0.25, 0.3) is 0 Å². The maximum Gasteiger partial charge on any atom is 0.226 e. The number of hydrogen-bond donors (Lipinski definition) is 2. The Morgan fingerprint density at radius 1 is 1.35 bits per heavy atom. The lowest BCUT2D eigenvalue weighted by Crippen LogP contribution is -2.23. The first-order chi connectivity index (χ1) is 9.79. The number of fused-ring (bicyclic) bond motifs is 1. The summed E-state index contributed by atoms with van der Waals surface area (Å²) in [6.07, 6.45) is 3.64. The van der Waals surface area contributed by atoms with E-state index in [4.69, 9.17) is 0 Å². The highest BCUT2D eigenvalue weighted by molar-refractivity contribution is 7.98. The molecule has 3 rings (SSSR count). The van der Waals surface area contributed by atoms with Crippen molar-refractivity contribution in [1.82, 2.24) is 10.2 Å². The van der Waals surface area contributed by atoms with E-state index in [9.17, 15) is 4.79 Å². The zero-order valence-corrected chi connectivity index (χ0v) is 12.2. The van der Waals surface area contributed by atoms with Crippen LogP contribution >= 0.6 is 11.8 Å². The Kier molecular flexibility index (Phi) is 3.78. The summed E-state index contributed by atoms with van der Waals surface area (Å²) >= 11 is 1.81. The maximum absolute atomic E-state index is 11.8. The van der Waals surface area contributed by atoms with Gasteiger partial charge in [0.1, 0.15) is 0 Å². The predicted molar refractivity (Wildman–Crippen MR) is 83.0 cm³/mol. The SMILES string of the molecule is CSCC[C@H]1CC(=O)Nc2n[nH]c(-c3ccccc3)c21. The molecule has 2 N–H and O–H groups in total. The standard InChI is InChI=1S/C15H17N3OS/c1-20-8-7-11-9-12(19)16-15-13(11)14(17-18-15)10-5-3-2-4-6-10/h2-6,11H,7-9H2,1H3,(H2,16,17,18,19)/t11-/m0/s1. The summed E-state index contributed by atoms with van der Waals surface area (Å²) in [4.78, 5) is 11.8. The van der Waals surface area contributed by atoms with Gasteiger partial charge in [-0.3, -0.25) is 9.89 Å². The van der Waals surface area contributed by atoms with E-state index in [0.29, 0.717) is 12.2 Å². The van der Waals surface area contributed by atoms with Gasteiger partial charge in [0.15, 0.2) is 5.82 Å². The number of hydrogen-bond acceptors (Lipinski definition) is 3. The second-order valence-corrected chi connectivity index (χ2v) is 5.94. The molecule has 104 valence electrons. The summed E-state index contributed by atoms with van der Waals surface area (Å²) < 4.78 is 0. The minimum absolute atomic E-state index is 0.0646. The summed E-state index contributed by atoms with van der Waals surface area (Å²) in [6.45, 7) is 0. The first-order valence-corrected chi connectivity index (χ1v) is 8.11. The fraction of sp³-hybridized carbons (Fsp3) is 0.333. The van der Waals surface area contributed by atoms with Crippen LogP contribution in [-0.2, 0) is 4.79 Å². The third kappa shape index (κ3) is 2.45. The lowest BCUT2D eigenvalue weighted by Gasteiger charge is -2.22. The van der Waals surface area contributed by atoms with Gasteiger partial charge in [0, 0.05) is 12.0 Å². The zero-order chi connectivity index (χ0) is 13.9. The van der Waals surface area contributed by atoms with Gasteiger partial charge < -0.3 is 5.32 Å². The van der Waals surface area contributed by atoms with Gasteiger partial charge in [0.2, 0.25) is 5.91 Å². The zero-order valence-electron chi connectivity index (χ0n) is 11.3. The minimum Gasteiger partial charge on any atom is -0.309 e. The first-order valence-electron chi connectivity index (χ1n) is 6.72. The van der Waals surface area contributed by atoms with Gasteiger partial charge in [-0.1, -0.05) is 30.3 Å². The monoisotopic (exact) mass is 287 g/mol. The van der Waals surface area contributed by atoms with Crippen molar-refractivity contribution in [2.24, 2.45) is 0 Å². The third-order valence-corrected chi connectivity index (χ3v) is 4.28. The van der Waals surface area contributed by atoms with Crippen LogP contribution in [0.15, 0.2) is 30.3 Å². The van der Waals surface area contributed by atoms with E-state index >= 15 is 0 Å². The summed E-state index contributed by atoms with van der Waals surface area (Å²) in [5.74, 6) is 2.07. The van der Waals surface area contributed by atoms with Crippen LogP contribution in [0.5, 0.6) is 0 Å². The van der Waals surface area contributed by atoms with Crippen molar-refractivity contribution in [3.8, 4) is 11.3 Å². The topological polar surface area (TPSA) is 57.8 Å². The molecule has 1 atom stereocenters. The van der Waals surface area contributed by atoms with Crippen LogP contribution in [0.2, 0.25) is 0 Å². The van der Waals surface area contributed by atoms with Gasteiger partial charge in [-0.25, -0.2) is 0 Å². The van der Waals surface area contributed by atoms with E-state index in [2.05, 4.69) is 33.9 Å². The molecule has 0 fully saturated rings. The number of anilines is 1. The quantitative estimate of drug-likeness (QED) is 0.907. The van der Waals surface area contributed by atoms with Gasteiger partial charge in [-0.05, 0) is 29.9 Å². The van der Waals surface area contributed by atoms with Crippen LogP contribution in [0, 0.1) is 0 Å². The second kappa shape index (κ2) is 5.71. The molecular weight excluding hydrogens is 270 g/mol. The van der Waals surface area contributed by atoms with Gasteiger partial charge in [-0.15, -0.1) is 0 Å². The minimum atomic E-state index is 0.0646. The van der Waals surface area contributed by atoms with Crippen LogP contribution in [0.4, 0.5) is 5.82 Å². The lowest BCUT2D eigenvalue weighted by atomic mass is 9.88. The molecule has 0 radical (unpaired) electrons. The Morgan fingerprint density at radius 3 is 2.90 bits per heavy atom. The number of carbonyl (C=O) groups excluding carboxylic acids is 1. The molecule has 1 amide bonds. The number of carbonyl (C=O) groups is 1. The third-order valence-electron chi connectivity index (χ3n) is 3.63. The van der Waals surface area contributed by atoms with Crippen molar-refractivity contribution in [3.63, 3.8) is 0 Å². The molecule has 2 aromatic rings. The fourth-order valence-electron chi connectivity index (χ4n) is 2.68. The Balaban J connectivity index is 2.01. The average Bonchev–Trinajstić information content (AvgIpc) is 2.89. The molecular formula is C15H17N3OS. The summed E-state index contributed by atoms with van der Waals surface area (Å²) in [5.41, 5.74) is 3.31. The lowest BCUT2D eigenvalue weighted by molar-refractivity contribution is -0.116. The molecule has 20 heavy (non-hydrogen) atoms. The van der Waals surface area contributed by atoms with E-state index < -0.39 is 0 Å². The second-order valence-electron chi connectivity index (χ2n) is 4.96. The van der Waals surface area contributed by atoms with E-state index in [1.165, 1.54) is 0 Å². The Hall–Kier alpha value is -1.75. The van der Waals surface area contributed by atoms with E-state index in [-0.39, 0.29) is 11.8 Å². The molecule has 0 aliphatic carbocycles. The van der Waals surface area contributed by atoms with E-state index in [1.807, 2.05) is 30.0 Å². The van der Waals surface area contributed by atoms with Crippen LogP contribution in [0.25, 0.3) is 11.3 Å². The van der Waals surface area contributed by atoms with Crippen molar-refractivity contribution in [3.05, 3.63) is 35.9 Å². The van der Waals surface area contributed by atoms with Crippen molar-refractivity contribution < 1.29 is 4.79 Å². The van der Waals surface area contributed by atoms with Crippen LogP contribution in [0.3, 0.4) is 0 Å². The molecule has 1 aromatic carbocycles. The molecule has 4 nitrogen and oxygen atoms in total. The highest BCUT2D eigenvalue weighted by Crippen LogP contribution is 2.39. The molecule has 1 aliphatic heterocycles. The number of nitrogens with zero attached hydrogens (tertiary/aromatic N) is 1. The van der Waals surface area contributed by atoms with Crippen molar-refractivity contribution in [2.45, 2.75) is 18.8 Å². The van der Waals surface area contributed by atoms with E-state index in [0.717, 1.165) is 29.0 Å². The van der Waals surface area contributed by atoms with Gasteiger partial charge in [0.05, 0.1) is 5.69 Å². The van der Waals surface area contributed by atoms with Gasteiger partial charge >= 0.3 is 0 Å². The molecule has 2 heterocycles. The maximum atomic E-state index is 11.8.